The van der Waals surface area contributed by atoms with Crippen LogP contribution in [0.2, 0.25) is 0 Å². The minimum atomic E-state index is -0.508. The maximum absolute atomic E-state index is 12.4. The fourth-order valence-corrected chi connectivity index (χ4v) is 4.75. The van der Waals surface area contributed by atoms with Crippen molar-refractivity contribution in [3.63, 3.8) is 0 Å². The van der Waals surface area contributed by atoms with E-state index in [-0.39, 0.29) is 5.75 Å². The number of carbonyl (C=O) groups excluding carboxylic acids is 2. The Balaban J connectivity index is 1.31. The van der Waals surface area contributed by atoms with Crippen LogP contribution >= 0.6 is 23.1 Å². The fourth-order valence-electron chi connectivity index (χ4n) is 3.23. The highest BCUT2D eigenvalue weighted by atomic mass is 32.2. The van der Waals surface area contributed by atoms with Gasteiger partial charge in [0.1, 0.15) is 5.82 Å². The first-order valence-corrected chi connectivity index (χ1v) is 12.5. The van der Waals surface area contributed by atoms with E-state index in [4.69, 9.17) is 4.74 Å². The van der Waals surface area contributed by atoms with Crippen molar-refractivity contribution in [2.75, 3.05) is 17.7 Å². The van der Waals surface area contributed by atoms with Crippen LogP contribution in [0.1, 0.15) is 18.2 Å². The van der Waals surface area contributed by atoms with E-state index in [0.717, 1.165) is 27.6 Å². The largest absolute Gasteiger partial charge is 0.455 e. The number of nitrogens with zero attached hydrogens (tertiary/aromatic N) is 5. The lowest BCUT2D eigenvalue weighted by Gasteiger charge is -2.10. The third kappa shape index (κ3) is 5.54. The van der Waals surface area contributed by atoms with Gasteiger partial charge in [0.05, 0.1) is 22.0 Å². The van der Waals surface area contributed by atoms with Gasteiger partial charge in [0.15, 0.2) is 17.6 Å². The van der Waals surface area contributed by atoms with Crippen LogP contribution in [0.15, 0.2) is 53.0 Å². The number of aromatic nitrogens is 5. The molecular formula is C23H24N6O3S2. The molecule has 176 valence electrons. The van der Waals surface area contributed by atoms with Crippen molar-refractivity contribution in [3.05, 3.63) is 59.1 Å². The molecule has 0 radical (unpaired) electrons. The van der Waals surface area contributed by atoms with Gasteiger partial charge < -0.3 is 14.6 Å². The average molecular weight is 497 g/mol. The van der Waals surface area contributed by atoms with Crippen LogP contribution in [0.5, 0.6) is 0 Å². The number of esters is 1. The molecule has 1 N–H and O–H groups in total. The summed E-state index contributed by atoms with van der Waals surface area (Å²) in [7, 11) is 0. The first kappa shape index (κ1) is 23.7. The number of hydrogen-bond acceptors (Lipinski definition) is 8. The van der Waals surface area contributed by atoms with Gasteiger partial charge in [-0.2, -0.15) is 5.10 Å². The van der Waals surface area contributed by atoms with Crippen molar-refractivity contribution in [2.45, 2.75) is 32.5 Å². The molecule has 0 aliphatic rings. The highest BCUT2D eigenvalue weighted by Gasteiger charge is 2.17. The minimum absolute atomic E-state index is 0.0241. The Morgan fingerprint density at radius 1 is 1.15 bits per heavy atom. The number of aryl methyl sites for hydroxylation is 2. The van der Waals surface area contributed by atoms with Crippen LogP contribution < -0.4 is 5.32 Å². The zero-order chi connectivity index (χ0) is 24.1. The minimum Gasteiger partial charge on any atom is -0.455 e. The van der Waals surface area contributed by atoms with Crippen molar-refractivity contribution >= 4 is 40.8 Å². The zero-order valence-corrected chi connectivity index (χ0v) is 20.7. The summed E-state index contributed by atoms with van der Waals surface area (Å²) in [6.07, 6.45) is 0. The molecule has 0 spiro atoms. The summed E-state index contributed by atoms with van der Waals surface area (Å²) < 4.78 is 8.76. The van der Waals surface area contributed by atoms with E-state index >= 15 is 0 Å². The monoisotopic (exact) mass is 496 g/mol. The van der Waals surface area contributed by atoms with Gasteiger partial charge in [0, 0.05) is 12.6 Å². The summed E-state index contributed by atoms with van der Waals surface area (Å²) >= 11 is 2.81. The van der Waals surface area contributed by atoms with Gasteiger partial charge in [-0.05, 0) is 44.4 Å². The number of hydrogen-bond donors (Lipinski definition) is 1. The van der Waals surface area contributed by atoms with Crippen LogP contribution in [-0.2, 0) is 20.9 Å². The van der Waals surface area contributed by atoms with Gasteiger partial charge in [-0.3, -0.25) is 9.59 Å². The topological polar surface area (TPSA) is 104 Å². The standard InChI is InChI=1S/C23H24N6O3S2/c1-4-28-22(18-6-5-11-33-18)25-26-23(28)34-14-21(31)32-13-20(30)24-19-12-16(3)27-29(19)17-9-7-15(2)8-10-17/h5-12H,4,13-14H2,1-3H3,(H,24,30). The Bertz CT molecular complexity index is 1280. The molecule has 0 saturated carbocycles. The number of benzene rings is 1. The van der Waals surface area contributed by atoms with Crippen LogP contribution in [-0.4, -0.2) is 48.8 Å². The Labute approximate surface area is 205 Å². The van der Waals surface area contributed by atoms with E-state index in [0.29, 0.717) is 17.5 Å². The third-order valence-corrected chi connectivity index (χ3v) is 6.64. The highest BCUT2D eigenvalue weighted by Crippen LogP contribution is 2.27. The quantitative estimate of drug-likeness (QED) is 0.275. The molecule has 0 atom stereocenters. The second-order valence-electron chi connectivity index (χ2n) is 7.44. The average Bonchev–Trinajstić information content (AvgIpc) is 3.56. The van der Waals surface area contributed by atoms with Gasteiger partial charge >= 0.3 is 5.97 Å². The fraction of sp³-hybridized carbons (Fsp3) is 0.261. The van der Waals surface area contributed by atoms with Crippen LogP contribution in [0.3, 0.4) is 0 Å². The van der Waals surface area contributed by atoms with Crippen molar-refractivity contribution in [2.24, 2.45) is 0 Å². The lowest BCUT2D eigenvalue weighted by atomic mass is 10.2. The second kappa shape index (κ2) is 10.7. The van der Waals surface area contributed by atoms with Gasteiger partial charge in [-0.1, -0.05) is 35.5 Å². The molecule has 0 aliphatic heterocycles. The Morgan fingerprint density at radius 3 is 2.65 bits per heavy atom. The molecule has 1 amide bonds. The maximum atomic E-state index is 12.4. The number of thiophene rings is 1. The molecule has 3 heterocycles. The van der Waals surface area contributed by atoms with E-state index in [2.05, 4.69) is 20.6 Å². The van der Waals surface area contributed by atoms with Gasteiger partial charge in [-0.15, -0.1) is 21.5 Å². The number of carbonyl (C=O) groups is 2. The second-order valence-corrected chi connectivity index (χ2v) is 9.33. The van der Waals surface area contributed by atoms with E-state index < -0.39 is 18.5 Å². The van der Waals surface area contributed by atoms with E-state index in [1.54, 1.807) is 22.1 Å². The lowest BCUT2D eigenvalue weighted by molar-refractivity contribution is -0.144. The maximum Gasteiger partial charge on any atom is 0.316 e. The first-order valence-electron chi connectivity index (χ1n) is 10.6. The normalized spacial score (nSPS) is 10.9. The van der Waals surface area contributed by atoms with Gasteiger partial charge in [0.2, 0.25) is 0 Å². The molecule has 0 unspecified atom stereocenters. The van der Waals surface area contributed by atoms with Crippen molar-refractivity contribution in [1.82, 2.24) is 24.5 Å². The SMILES string of the molecule is CCn1c(SCC(=O)OCC(=O)Nc2cc(C)nn2-c2ccc(C)cc2)nnc1-c1cccs1. The smallest absolute Gasteiger partial charge is 0.316 e. The van der Waals surface area contributed by atoms with E-state index in [9.17, 15) is 9.59 Å². The van der Waals surface area contributed by atoms with Crippen LogP contribution in [0.4, 0.5) is 5.82 Å². The summed E-state index contributed by atoms with van der Waals surface area (Å²) in [5.41, 5.74) is 2.71. The number of anilines is 1. The molecule has 1 aromatic carbocycles. The zero-order valence-electron chi connectivity index (χ0n) is 19.0. The summed E-state index contributed by atoms with van der Waals surface area (Å²) in [5.74, 6) is 0.355. The molecule has 4 rings (SSSR count). The van der Waals surface area contributed by atoms with Gasteiger partial charge in [0.25, 0.3) is 5.91 Å². The molecule has 4 aromatic rings. The number of thioether (sulfide) groups is 1. The Kier molecular flexibility index (Phi) is 7.43. The molecule has 3 aromatic heterocycles. The van der Waals surface area contributed by atoms with E-state index in [1.165, 1.54) is 11.8 Å². The van der Waals surface area contributed by atoms with Crippen LogP contribution in [0.25, 0.3) is 16.4 Å². The number of amides is 1. The summed E-state index contributed by atoms with van der Waals surface area (Å²) in [6, 6.07) is 13.5. The first-order chi connectivity index (χ1) is 16.4. The Hall–Kier alpha value is -3.44. The Morgan fingerprint density at radius 2 is 1.94 bits per heavy atom. The third-order valence-electron chi connectivity index (χ3n) is 4.84. The molecule has 9 nitrogen and oxygen atoms in total. The van der Waals surface area contributed by atoms with Gasteiger partial charge in [-0.25, -0.2) is 4.68 Å². The van der Waals surface area contributed by atoms with Crippen molar-refractivity contribution in [3.8, 4) is 16.4 Å². The van der Waals surface area contributed by atoms with Crippen molar-refractivity contribution in [1.29, 1.82) is 0 Å². The van der Waals surface area contributed by atoms with Crippen LogP contribution in [0, 0.1) is 13.8 Å². The lowest BCUT2D eigenvalue weighted by Crippen LogP contribution is -2.23. The van der Waals surface area contributed by atoms with E-state index in [1.807, 2.05) is 67.1 Å². The number of nitrogens with one attached hydrogen (secondary N) is 1. The molecule has 0 fully saturated rings. The summed E-state index contributed by atoms with van der Waals surface area (Å²) in [5, 5.41) is 18.3. The summed E-state index contributed by atoms with van der Waals surface area (Å²) in [6.45, 7) is 6.13. The summed E-state index contributed by atoms with van der Waals surface area (Å²) in [4.78, 5) is 25.7. The molecule has 0 bridgehead atoms. The number of ether oxygens (including phenoxy) is 1. The molecular weight excluding hydrogens is 472 g/mol. The predicted molar refractivity (Wildman–Crippen MR) is 132 cm³/mol. The highest BCUT2D eigenvalue weighted by molar-refractivity contribution is 7.99. The number of rotatable bonds is 9. The molecule has 34 heavy (non-hydrogen) atoms. The predicted octanol–water partition coefficient (Wildman–Crippen LogP) is 4.10. The molecule has 0 saturated heterocycles. The van der Waals surface area contributed by atoms with Crippen molar-refractivity contribution < 1.29 is 14.3 Å². The molecule has 0 aliphatic carbocycles. The molecule has 11 heteroatoms.